The molecule has 0 radical (unpaired) electrons. The van der Waals surface area contributed by atoms with Crippen LogP contribution in [0.3, 0.4) is 0 Å². The largest absolute Gasteiger partial charge is 0.458 e. The van der Waals surface area contributed by atoms with E-state index in [0.717, 1.165) is 129 Å². The van der Waals surface area contributed by atoms with Crippen molar-refractivity contribution in [2.75, 3.05) is 9.80 Å². The number of nitrogens with zero attached hydrogens (tertiary/aromatic N) is 2. The lowest BCUT2D eigenvalue weighted by molar-refractivity contribution is 0.467. The SMILES string of the molecule is Cc1cc2c3c(c1)Oc1c(sc4ccccc14)B3c1cc3c(cc1O2)N(c1ccccc1)c1cc(C)cc2c1B3c1cc3c(cc1O2)N(c1ccccc1)c1cc(C)cc2c1B3c1sc3ccccc3c1O2. The third kappa shape index (κ3) is 5.21. The third-order valence-electron chi connectivity index (χ3n) is 15.7. The molecule has 6 aliphatic heterocycles. The summed E-state index contributed by atoms with van der Waals surface area (Å²) in [5, 5.41) is 2.29. The second-order valence-corrected chi connectivity index (χ2v) is 22.3. The Morgan fingerprint density at radius 1 is 0.347 bits per heavy atom. The van der Waals surface area contributed by atoms with E-state index in [4.69, 9.17) is 18.9 Å². The monoisotopic (exact) mass is 958 g/mol. The third-order valence-corrected chi connectivity index (χ3v) is 18.2. The Labute approximate surface area is 424 Å². The van der Waals surface area contributed by atoms with E-state index in [0.29, 0.717) is 0 Å². The quantitative estimate of drug-likeness (QED) is 0.161. The summed E-state index contributed by atoms with van der Waals surface area (Å²) in [6, 6.07) is 62.0. The lowest BCUT2D eigenvalue weighted by Crippen LogP contribution is -2.64. The molecule has 0 amide bonds. The zero-order valence-electron chi connectivity index (χ0n) is 39.2. The fraction of sp³-hybridized carbons (Fsp3) is 0.0492. The van der Waals surface area contributed by atoms with Crippen molar-refractivity contribution in [3.05, 3.63) is 187 Å². The number of fused-ring (bicyclic) bond motifs is 16. The van der Waals surface area contributed by atoms with Crippen LogP contribution in [0.2, 0.25) is 0 Å². The number of benzene rings is 9. The average molecular weight is 959 g/mol. The van der Waals surface area contributed by atoms with Crippen LogP contribution in [0.5, 0.6) is 46.0 Å². The molecule has 72 heavy (non-hydrogen) atoms. The number of rotatable bonds is 2. The van der Waals surface area contributed by atoms with Crippen molar-refractivity contribution in [2.24, 2.45) is 0 Å². The molecular formula is C61H37B3N2O4S2. The molecule has 0 spiro atoms. The van der Waals surface area contributed by atoms with Gasteiger partial charge in [-0.25, -0.2) is 0 Å². The zero-order valence-corrected chi connectivity index (χ0v) is 40.9. The molecule has 17 rings (SSSR count). The fourth-order valence-corrected chi connectivity index (χ4v) is 15.4. The molecule has 6 aliphatic rings. The van der Waals surface area contributed by atoms with Crippen molar-refractivity contribution in [1.82, 2.24) is 0 Å². The Hall–Kier alpha value is -8.11. The molecule has 6 nitrogen and oxygen atoms in total. The summed E-state index contributed by atoms with van der Waals surface area (Å²) in [5.74, 6) is 7.13. The lowest BCUT2D eigenvalue weighted by atomic mass is 9.30. The fourth-order valence-electron chi connectivity index (χ4n) is 12.9. The first-order valence-electron chi connectivity index (χ1n) is 24.6. The number of anilines is 6. The predicted octanol–water partition coefficient (Wildman–Crippen LogP) is 10.6. The summed E-state index contributed by atoms with van der Waals surface area (Å²) in [7, 11) is 0. The van der Waals surface area contributed by atoms with Gasteiger partial charge in [-0.1, -0.05) is 72.8 Å². The first kappa shape index (κ1) is 39.6. The van der Waals surface area contributed by atoms with Gasteiger partial charge in [0.25, 0.3) is 20.1 Å². The summed E-state index contributed by atoms with van der Waals surface area (Å²) >= 11 is 3.68. The van der Waals surface area contributed by atoms with E-state index < -0.39 is 0 Å². The molecule has 0 saturated heterocycles. The highest BCUT2D eigenvalue weighted by Gasteiger charge is 2.50. The normalized spacial score (nSPS) is 14.3. The Balaban J connectivity index is 0.961. The molecule has 8 heterocycles. The van der Waals surface area contributed by atoms with Crippen LogP contribution in [-0.2, 0) is 0 Å². The second kappa shape index (κ2) is 14.1. The van der Waals surface area contributed by atoms with Gasteiger partial charge in [0.2, 0.25) is 0 Å². The zero-order chi connectivity index (χ0) is 47.2. The minimum absolute atomic E-state index is 0.0799. The van der Waals surface area contributed by atoms with Crippen LogP contribution >= 0.6 is 22.7 Å². The van der Waals surface area contributed by atoms with E-state index in [1.54, 1.807) is 0 Å². The van der Waals surface area contributed by atoms with Crippen LogP contribution in [0.1, 0.15) is 16.7 Å². The van der Waals surface area contributed by atoms with Gasteiger partial charge >= 0.3 is 0 Å². The standard InChI is InChI=1S/C61H37B3N2O4S2/c1-32-22-45-55-49(24-32)67-47-31-44-40(63-56-46(66(44)36-16-8-5-9-17-36)23-33(2)25-50(56)69-58-37-18-10-12-20-53(37)71-60(58)63)29-41(47)62(55)39-28-42-48(30-43(39)65(45)35-14-6-4-7-15-35)68-51-26-34(3)27-52-57(51)64(42)61-59(70-52)38-19-11-13-21-54(38)72-61/h4-31H,1-3H3. The molecule has 0 saturated carbocycles. The summed E-state index contributed by atoms with van der Waals surface area (Å²) in [6.45, 7) is 6.12. The predicted molar refractivity (Wildman–Crippen MR) is 301 cm³/mol. The summed E-state index contributed by atoms with van der Waals surface area (Å²) in [6.07, 6.45) is 0. The number of thiophene rings is 2. The van der Waals surface area contributed by atoms with Crippen molar-refractivity contribution < 1.29 is 18.9 Å². The Morgan fingerprint density at radius 2 is 0.750 bits per heavy atom. The number of hydrogen-bond acceptors (Lipinski definition) is 8. The molecule has 11 heteroatoms. The van der Waals surface area contributed by atoms with Crippen molar-refractivity contribution >= 4 is 145 Å². The topological polar surface area (TPSA) is 43.4 Å². The van der Waals surface area contributed by atoms with Crippen LogP contribution in [0, 0.1) is 20.8 Å². The Kier molecular flexibility index (Phi) is 7.73. The molecule has 0 N–H and O–H groups in total. The van der Waals surface area contributed by atoms with E-state index in [9.17, 15) is 0 Å². The number of ether oxygens (including phenoxy) is 4. The molecule has 2 aromatic heterocycles. The first-order chi connectivity index (χ1) is 35.4. The van der Waals surface area contributed by atoms with Crippen LogP contribution in [0.15, 0.2) is 170 Å². The van der Waals surface area contributed by atoms with Crippen LogP contribution < -0.4 is 76.5 Å². The summed E-state index contributed by atoms with van der Waals surface area (Å²) in [5.41, 5.74) is 18.1. The maximum absolute atomic E-state index is 7.39. The molecule has 336 valence electrons. The highest BCUT2D eigenvalue weighted by molar-refractivity contribution is 7.34. The van der Waals surface area contributed by atoms with Crippen molar-refractivity contribution in [3.8, 4) is 46.0 Å². The molecule has 0 bridgehead atoms. The second-order valence-electron chi connectivity index (χ2n) is 20.1. The first-order valence-corrected chi connectivity index (χ1v) is 26.3. The molecule has 0 unspecified atom stereocenters. The molecule has 11 aromatic rings. The molecule has 0 aliphatic carbocycles. The number of para-hydroxylation sites is 2. The maximum atomic E-state index is 7.39. The number of hydrogen-bond donors (Lipinski definition) is 0. The average Bonchev–Trinajstić information content (AvgIpc) is 3.96. The van der Waals surface area contributed by atoms with Crippen LogP contribution in [0.25, 0.3) is 20.2 Å². The van der Waals surface area contributed by atoms with Gasteiger partial charge in [0, 0.05) is 81.4 Å². The molecule has 9 aromatic carbocycles. The molecular weight excluding hydrogens is 921 g/mol. The molecule has 0 atom stereocenters. The Morgan fingerprint density at radius 3 is 1.29 bits per heavy atom. The highest BCUT2D eigenvalue weighted by atomic mass is 32.1. The van der Waals surface area contributed by atoms with E-state index in [1.165, 1.54) is 35.3 Å². The summed E-state index contributed by atoms with van der Waals surface area (Å²) in [4.78, 5) is 4.87. The highest BCUT2D eigenvalue weighted by Crippen LogP contribution is 2.49. The van der Waals surface area contributed by atoms with Crippen molar-refractivity contribution in [2.45, 2.75) is 20.8 Å². The van der Waals surface area contributed by atoms with Gasteiger partial charge in [0.1, 0.15) is 46.0 Å². The molecule has 0 fully saturated rings. The van der Waals surface area contributed by atoms with Gasteiger partial charge in [-0.05, 0) is 155 Å². The van der Waals surface area contributed by atoms with E-state index in [-0.39, 0.29) is 20.1 Å². The van der Waals surface area contributed by atoms with Crippen molar-refractivity contribution in [3.63, 3.8) is 0 Å². The smallest absolute Gasteiger partial charge is 0.273 e. The van der Waals surface area contributed by atoms with Gasteiger partial charge in [-0.3, -0.25) is 0 Å². The lowest BCUT2D eigenvalue weighted by Gasteiger charge is -2.43. The van der Waals surface area contributed by atoms with Gasteiger partial charge in [0.15, 0.2) is 0 Å². The van der Waals surface area contributed by atoms with Gasteiger partial charge in [0.05, 0.1) is 0 Å². The van der Waals surface area contributed by atoms with Crippen LogP contribution in [0.4, 0.5) is 34.1 Å². The van der Waals surface area contributed by atoms with Gasteiger partial charge < -0.3 is 28.7 Å². The number of aryl methyl sites for hydroxylation is 3. The summed E-state index contributed by atoms with van der Waals surface area (Å²) < 4.78 is 33.4. The van der Waals surface area contributed by atoms with Crippen LogP contribution in [-0.4, -0.2) is 20.1 Å². The maximum Gasteiger partial charge on any atom is 0.273 e. The van der Waals surface area contributed by atoms with Gasteiger partial charge in [-0.15, -0.1) is 22.7 Å². The Bertz CT molecular complexity index is 4270. The van der Waals surface area contributed by atoms with E-state index >= 15 is 0 Å². The van der Waals surface area contributed by atoms with Gasteiger partial charge in [-0.2, -0.15) is 0 Å². The van der Waals surface area contributed by atoms with Crippen molar-refractivity contribution in [1.29, 1.82) is 0 Å². The van der Waals surface area contributed by atoms with E-state index in [1.807, 2.05) is 22.7 Å². The minimum Gasteiger partial charge on any atom is -0.458 e. The van der Waals surface area contributed by atoms with E-state index in [2.05, 4.69) is 200 Å². The minimum atomic E-state index is -0.184.